The molecule has 1 amide bonds. The Kier molecular flexibility index (Phi) is 6.84. The Labute approximate surface area is 172 Å². The lowest BCUT2D eigenvalue weighted by Gasteiger charge is -2.41. The van der Waals surface area contributed by atoms with E-state index in [1.807, 2.05) is 36.4 Å². The van der Waals surface area contributed by atoms with Gasteiger partial charge in [-0.3, -0.25) is 4.79 Å². The van der Waals surface area contributed by atoms with Crippen molar-refractivity contribution >= 4 is 17.5 Å². The van der Waals surface area contributed by atoms with Gasteiger partial charge in [0.1, 0.15) is 17.1 Å². The monoisotopic (exact) mass is 401 g/mol. The molecule has 1 aliphatic rings. The van der Waals surface area contributed by atoms with E-state index in [1.54, 1.807) is 12.1 Å². The van der Waals surface area contributed by atoms with Crippen molar-refractivity contribution in [1.82, 2.24) is 5.32 Å². The van der Waals surface area contributed by atoms with Gasteiger partial charge in [0.05, 0.1) is 12.6 Å². The standard InChI is InChI=1S/C23H28ClNO3/c1-3-23(4-2)16-20(19-8-5-6-9-21(19)28-23)25-22(26)10-7-15-27-18-13-11-17(24)12-14-18/h5-6,8-9,11-14,20H,3-4,7,10,15-16H2,1-2H3,(H,25,26)/t20-/m0/s1. The smallest absolute Gasteiger partial charge is 0.220 e. The molecular weight excluding hydrogens is 374 g/mol. The molecule has 2 aromatic rings. The first kappa shape index (κ1) is 20.5. The Balaban J connectivity index is 1.54. The summed E-state index contributed by atoms with van der Waals surface area (Å²) in [6, 6.07) is 15.2. The van der Waals surface area contributed by atoms with Crippen molar-refractivity contribution in [1.29, 1.82) is 0 Å². The summed E-state index contributed by atoms with van der Waals surface area (Å²) in [6.45, 7) is 4.78. The first-order valence-electron chi connectivity index (χ1n) is 10.0. The van der Waals surface area contributed by atoms with Crippen LogP contribution in [0.15, 0.2) is 48.5 Å². The zero-order chi connectivity index (χ0) is 20.0. The Morgan fingerprint density at radius 1 is 1.18 bits per heavy atom. The highest BCUT2D eigenvalue weighted by Gasteiger charge is 2.38. The molecule has 4 nitrogen and oxygen atoms in total. The molecule has 0 saturated carbocycles. The topological polar surface area (TPSA) is 47.6 Å². The lowest BCUT2D eigenvalue weighted by atomic mass is 9.83. The first-order chi connectivity index (χ1) is 13.5. The summed E-state index contributed by atoms with van der Waals surface area (Å²) in [7, 11) is 0. The summed E-state index contributed by atoms with van der Waals surface area (Å²) in [5, 5.41) is 3.89. The van der Waals surface area contributed by atoms with Gasteiger partial charge in [0.15, 0.2) is 0 Å². The zero-order valence-corrected chi connectivity index (χ0v) is 17.3. The van der Waals surface area contributed by atoms with Crippen LogP contribution in [0.25, 0.3) is 0 Å². The molecule has 28 heavy (non-hydrogen) atoms. The van der Waals surface area contributed by atoms with Gasteiger partial charge < -0.3 is 14.8 Å². The van der Waals surface area contributed by atoms with Crippen LogP contribution in [0.4, 0.5) is 0 Å². The highest BCUT2D eigenvalue weighted by atomic mass is 35.5. The molecule has 1 heterocycles. The minimum atomic E-state index is -0.218. The average Bonchev–Trinajstić information content (AvgIpc) is 2.72. The molecule has 0 unspecified atom stereocenters. The van der Waals surface area contributed by atoms with Crippen LogP contribution < -0.4 is 14.8 Å². The normalized spacial score (nSPS) is 17.3. The van der Waals surface area contributed by atoms with Crippen molar-refractivity contribution in [2.75, 3.05) is 6.61 Å². The van der Waals surface area contributed by atoms with Crippen molar-refractivity contribution in [3.63, 3.8) is 0 Å². The summed E-state index contributed by atoms with van der Waals surface area (Å²) in [5.41, 5.74) is 0.843. The third-order valence-electron chi connectivity index (χ3n) is 5.45. The maximum Gasteiger partial charge on any atom is 0.220 e. The van der Waals surface area contributed by atoms with E-state index in [4.69, 9.17) is 21.1 Å². The molecular formula is C23H28ClNO3. The fourth-order valence-electron chi connectivity index (χ4n) is 3.65. The molecule has 1 atom stereocenters. The molecule has 150 valence electrons. The minimum Gasteiger partial charge on any atom is -0.494 e. The second-order valence-corrected chi connectivity index (χ2v) is 7.70. The van der Waals surface area contributed by atoms with E-state index in [9.17, 15) is 4.79 Å². The third-order valence-corrected chi connectivity index (χ3v) is 5.70. The van der Waals surface area contributed by atoms with Crippen LogP contribution in [0, 0.1) is 0 Å². The van der Waals surface area contributed by atoms with Crippen LogP contribution in [0.2, 0.25) is 5.02 Å². The number of fused-ring (bicyclic) bond motifs is 1. The first-order valence-corrected chi connectivity index (χ1v) is 10.4. The van der Waals surface area contributed by atoms with Gasteiger partial charge in [-0.15, -0.1) is 0 Å². The van der Waals surface area contributed by atoms with Crippen LogP contribution in [0.3, 0.4) is 0 Å². The van der Waals surface area contributed by atoms with E-state index in [0.29, 0.717) is 24.5 Å². The molecule has 0 radical (unpaired) electrons. The number of ether oxygens (including phenoxy) is 2. The van der Waals surface area contributed by atoms with Crippen LogP contribution in [-0.2, 0) is 4.79 Å². The van der Waals surface area contributed by atoms with E-state index in [0.717, 1.165) is 36.3 Å². The SMILES string of the molecule is CCC1(CC)C[C@H](NC(=O)CCCOc2ccc(Cl)cc2)c2ccccc2O1. The summed E-state index contributed by atoms with van der Waals surface area (Å²) < 4.78 is 12.0. The maximum atomic E-state index is 12.5. The Morgan fingerprint density at radius 3 is 2.61 bits per heavy atom. The molecule has 3 rings (SSSR count). The van der Waals surface area contributed by atoms with Crippen molar-refractivity contribution in [2.24, 2.45) is 0 Å². The van der Waals surface area contributed by atoms with Gasteiger partial charge in [-0.2, -0.15) is 0 Å². The van der Waals surface area contributed by atoms with Crippen LogP contribution in [0.5, 0.6) is 11.5 Å². The highest BCUT2D eigenvalue weighted by Crippen LogP contribution is 2.42. The fourth-order valence-corrected chi connectivity index (χ4v) is 3.78. The second-order valence-electron chi connectivity index (χ2n) is 7.26. The maximum absolute atomic E-state index is 12.5. The number of hydrogen-bond acceptors (Lipinski definition) is 3. The van der Waals surface area contributed by atoms with E-state index >= 15 is 0 Å². The lowest BCUT2D eigenvalue weighted by molar-refractivity contribution is -0.122. The Bertz CT molecular complexity index is 787. The molecule has 0 spiro atoms. The molecule has 1 N–H and O–H groups in total. The van der Waals surface area contributed by atoms with Gasteiger partial charge in [-0.1, -0.05) is 43.6 Å². The molecule has 0 bridgehead atoms. The van der Waals surface area contributed by atoms with Crippen molar-refractivity contribution in [3.05, 3.63) is 59.1 Å². The number of nitrogens with one attached hydrogen (secondary N) is 1. The van der Waals surface area contributed by atoms with Crippen molar-refractivity contribution < 1.29 is 14.3 Å². The second kappa shape index (κ2) is 9.33. The van der Waals surface area contributed by atoms with Gasteiger partial charge in [-0.25, -0.2) is 0 Å². The van der Waals surface area contributed by atoms with Crippen LogP contribution in [0.1, 0.15) is 57.6 Å². The molecule has 0 fully saturated rings. The average molecular weight is 402 g/mol. The third kappa shape index (κ3) is 4.99. The number of benzene rings is 2. The predicted molar refractivity (Wildman–Crippen MR) is 112 cm³/mol. The number of carbonyl (C=O) groups is 1. The van der Waals surface area contributed by atoms with Crippen molar-refractivity contribution in [3.8, 4) is 11.5 Å². The Morgan fingerprint density at radius 2 is 1.89 bits per heavy atom. The quantitative estimate of drug-likeness (QED) is 0.577. The summed E-state index contributed by atoms with van der Waals surface area (Å²) >= 11 is 5.87. The fraction of sp³-hybridized carbons (Fsp3) is 0.435. The van der Waals surface area contributed by atoms with Gasteiger partial charge in [0, 0.05) is 23.4 Å². The van der Waals surface area contributed by atoms with Gasteiger partial charge >= 0.3 is 0 Å². The van der Waals surface area contributed by atoms with E-state index in [2.05, 4.69) is 19.2 Å². The van der Waals surface area contributed by atoms with Crippen LogP contribution in [-0.4, -0.2) is 18.1 Å². The van der Waals surface area contributed by atoms with Gasteiger partial charge in [0.2, 0.25) is 5.91 Å². The number of para-hydroxylation sites is 1. The largest absolute Gasteiger partial charge is 0.494 e. The van der Waals surface area contributed by atoms with Gasteiger partial charge in [0.25, 0.3) is 0 Å². The summed E-state index contributed by atoms with van der Waals surface area (Å²) in [6.07, 6.45) is 3.71. The van der Waals surface area contributed by atoms with Crippen LogP contribution >= 0.6 is 11.6 Å². The minimum absolute atomic E-state index is 0.0190. The molecule has 0 aromatic heterocycles. The molecule has 0 aliphatic carbocycles. The molecule has 2 aromatic carbocycles. The number of hydrogen-bond donors (Lipinski definition) is 1. The number of amides is 1. The number of carbonyl (C=O) groups excluding carboxylic acids is 1. The van der Waals surface area contributed by atoms with Crippen molar-refractivity contribution in [2.45, 2.75) is 57.6 Å². The molecule has 5 heteroatoms. The van der Waals surface area contributed by atoms with E-state index in [-0.39, 0.29) is 17.6 Å². The summed E-state index contributed by atoms with van der Waals surface area (Å²) in [5.74, 6) is 1.69. The number of rotatable bonds is 8. The van der Waals surface area contributed by atoms with E-state index < -0.39 is 0 Å². The zero-order valence-electron chi connectivity index (χ0n) is 16.5. The molecule has 1 aliphatic heterocycles. The van der Waals surface area contributed by atoms with E-state index in [1.165, 1.54) is 0 Å². The number of halogens is 1. The van der Waals surface area contributed by atoms with Gasteiger partial charge in [-0.05, 0) is 49.6 Å². The molecule has 0 saturated heterocycles. The highest BCUT2D eigenvalue weighted by molar-refractivity contribution is 6.30. The predicted octanol–water partition coefficient (Wildman–Crippen LogP) is 5.70. The Hall–Kier alpha value is -2.20. The summed E-state index contributed by atoms with van der Waals surface area (Å²) in [4.78, 5) is 12.5. The lowest BCUT2D eigenvalue weighted by Crippen LogP contribution is -2.44.